The minimum absolute atomic E-state index is 0.284. The minimum atomic E-state index is 0.284. The van der Waals surface area contributed by atoms with E-state index in [0.29, 0.717) is 12.0 Å². The lowest BCUT2D eigenvalue weighted by molar-refractivity contribution is -0.0349. The lowest BCUT2D eigenvalue weighted by atomic mass is 9.91. The van der Waals surface area contributed by atoms with Crippen LogP contribution in [0.1, 0.15) is 33.6 Å². The average molecular weight is 301 g/mol. The molecule has 5 heteroatoms. The van der Waals surface area contributed by atoms with Crippen LogP contribution < -0.4 is 11.1 Å². The van der Waals surface area contributed by atoms with Gasteiger partial charge in [-0.15, -0.1) is 0 Å². The fourth-order valence-corrected chi connectivity index (χ4v) is 2.47. The first-order valence-electron chi connectivity index (χ1n) is 8.34. The van der Waals surface area contributed by atoms with Crippen molar-refractivity contribution < 1.29 is 9.47 Å². The van der Waals surface area contributed by atoms with E-state index in [1.54, 1.807) is 0 Å². The molecule has 1 fully saturated rings. The van der Waals surface area contributed by atoms with Crippen molar-refractivity contribution in [2.75, 3.05) is 59.1 Å². The zero-order valence-electron chi connectivity index (χ0n) is 14.2. The maximum absolute atomic E-state index is 5.75. The van der Waals surface area contributed by atoms with Gasteiger partial charge in [0.1, 0.15) is 0 Å². The number of ether oxygens (including phenoxy) is 2. The van der Waals surface area contributed by atoms with Crippen molar-refractivity contribution in [2.24, 2.45) is 11.1 Å². The summed E-state index contributed by atoms with van der Waals surface area (Å²) in [5, 5.41) is 3.32. The quantitative estimate of drug-likeness (QED) is 0.591. The minimum Gasteiger partial charge on any atom is -0.380 e. The monoisotopic (exact) mass is 301 g/mol. The number of hydrogen-bond donors (Lipinski definition) is 2. The van der Waals surface area contributed by atoms with E-state index >= 15 is 0 Å². The van der Waals surface area contributed by atoms with Crippen molar-refractivity contribution in [1.82, 2.24) is 10.2 Å². The highest BCUT2D eigenvalue weighted by Gasteiger charge is 2.19. The number of nitrogens with zero attached hydrogens (tertiary/aromatic N) is 1. The van der Waals surface area contributed by atoms with Gasteiger partial charge in [-0.2, -0.15) is 0 Å². The van der Waals surface area contributed by atoms with E-state index in [1.165, 1.54) is 6.42 Å². The SMILES string of the molecule is CC(C)(C)CCCOCCN1CCOC(CNCCN)C1. The molecule has 21 heavy (non-hydrogen) atoms. The van der Waals surface area contributed by atoms with Gasteiger partial charge in [-0.3, -0.25) is 4.90 Å². The number of morpholine rings is 1. The Bertz CT molecular complexity index is 256. The molecule has 1 aliphatic heterocycles. The van der Waals surface area contributed by atoms with E-state index in [-0.39, 0.29) is 6.10 Å². The molecule has 0 aromatic rings. The van der Waals surface area contributed by atoms with Crippen molar-refractivity contribution in [3.05, 3.63) is 0 Å². The smallest absolute Gasteiger partial charge is 0.0826 e. The first kappa shape index (κ1) is 18.8. The van der Waals surface area contributed by atoms with Crippen molar-refractivity contribution in [2.45, 2.75) is 39.7 Å². The maximum Gasteiger partial charge on any atom is 0.0826 e. The van der Waals surface area contributed by atoms with Crippen molar-refractivity contribution in [3.8, 4) is 0 Å². The maximum atomic E-state index is 5.75. The molecule has 1 saturated heterocycles. The highest BCUT2D eigenvalue weighted by Crippen LogP contribution is 2.20. The van der Waals surface area contributed by atoms with Crippen LogP contribution in [-0.4, -0.2) is 70.1 Å². The Morgan fingerprint density at radius 2 is 2.14 bits per heavy atom. The van der Waals surface area contributed by atoms with Gasteiger partial charge in [0.15, 0.2) is 0 Å². The largest absolute Gasteiger partial charge is 0.380 e. The molecule has 3 N–H and O–H groups in total. The van der Waals surface area contributed by atoms with Crippen LogP contribution in [0.25, 0.3) is 0 Å². The van der Waals surface area contributed by atoms with Crippen molar-refractivity contribution in [1.29, 1.82) is 0 Å². The first-order chi connectivity index (χ1) is 10.0. The summed E-state index contributed by atoms with van der Waals surface area (Å²) in [6.45, 7) is 14.8. The Labute approximate surface area is 130 Å². The molecular weight excluding hydrogens is 266 g/mol. The predicted molar refractivity (Wildman–Crippen MR) is 87.6 cm³/mol. The van der Waals surface area contributed by atoms with Gasteiger partial charge in [0.25, 0.3) is 0 Å². The molecule has 0 bridgehead atoms. The van der Waals surface area contributed by atoms with Crippen LogP contribution in [0, 0.1) is 5.41 Å². The third-order valence-corrected chi connectivity index (χ3v) is 3.68. The molecule has 0 aliphatic carbocycles. The van der Waals surface area contributed by atoms with Crippen LogP contribution in [0.4, 0.5) is 0 Å². The normalized spacial score (nSPS) is 20.9. The summed E-state index contributed by atoms with van der Waals surface area (Å²) in [6.07, 6.45) is 2.66. The summed E-state index contributed by atoms with van der Waals surface area (Å²) in [6, 6.07) is 0. The summed E-state index contributed by atoms with van der Waals surface area (Å²) in [5.41, 5.74) is 5.89. The van der Waals surface area contributed by atoms with Gasteiger partial charge >= 0.3 is 0 Å². The first-order valence-corrected chi connectivity index (χ1v) is 8.34. The predicted octanol–water partition coefficient (Wildman–Crippen LogP) is 1.08. The molecule has 1 unspecified atom stereocenters. The van der Waals surface area contributed by atoms with Gasteiger partial charge in [-0.05, 0) is 18.3 Å². The average Bonchev–Trinajstić information content (AvgIpc) is 2.42. The third-order valence-electron chi connectivity index (χ3n) is 3.68. The van der Waals surface area contributed by atoms with Crippen molar-refractivity contribution >= 4 is 0 Å². The van der Waals surface area contributed by atoms with E-state index in [1.807, 2.05) is 0 Å². The summed E-state index contributed by atoms with van der Waals surface area (Å²) < 4.78 is 11.5. The summed E-state index contributed by atoms with van der Waals surface area (Å²) in [7, 11) is 0. The number of hydrogen-bond acceptors (Lipinski definition) is 5. The topological polar surface area (TPSA) is 59.8 Å². The molecule has 1 aliphatic rings. The second kappa shape index (κ2) is 10.5. The van der Waals surface area contributed by atoms with Crippen LogP contribution in [0.3, 0.4) is 0 Å². The Hall–Kier alpha value is -0.200. The molecule has 0 aromatic carbocycles. The van der Waals surface area contributed by atoms with Gasteiger partial charge in [-0.1, -0.05) is 20.8 Å². The number of nitrogens with one attached hydrogen (secondary N) is 1. The summed E-state index contributed by atoms with van der Waals surface area (Å²) in [4.78, 5) is 2.43. The second-order valence-corrected chi connectivity index (χ2v) is 7.06. The zero-order valence-corrected chi connectivity index (χ0v) is 14.2. The fraction of sp³-hybridized carbons (Fsp3) is 1.00. The zero-order chi connectivity index (χ0) is 15.6. The van der Waals surface area contributed by atoms with E-state index in [2.05, 4.69) is 31.0 Å². The second-order valence-electron chi connectivity index (χ2n) is 7.06. The van der Waals surface area contributed by atoms with Gasteiger partial charge in [-0.25, -0.2) is 0 Å². The molecular formula is C16H35N3O2. The molecule has 1 heterocycles. The molecule has 1 atom stereocenters. The lowest BCUT2D eigenvalue weighted by Crippen LogP contribution is -2.48. The van der Waals surface area contributed by atoms with Gasteiger partial charge in [0, 0.05) is 45.9 Å². The Morgan fingerprint density at radius 1 is 1.33 bits per heavy atom. The van der Waals surface area contributed by atoms with Gasteiger partial charge < -0.3 is 20.5 Å². The third kappa shape index (κ3) is 10.2. The molecule has 126 valence electrons. The van der Waals surface area contributed by atoms with E-state index in [0.717, 1.165) is 59.0 Å². The van der Waals surface area contributed by atoms with Crippen LogP contribution in [0.5, 0.6) is 0 Å². The van der Waals surface area contributed by atoms with E-state index in [4.69, 9.17) is 15.2 Å². The Morgan fingerprint density at radius 3 is 2.86 bits per heavy atom. The van der Waals surface area contributed by atoms with Gasteiger partial charge in [0.2, 0.25) is 0 Å². The molecule has 0 radical (unpaired) electrons. The number of nitrogens with two attached hydrogens (primary N) is 1. The molecule has 0 aromatic heterocycles. The molecule has 0 spiro atoms. The van der Waals surface area contributed by atoms with Crippen LogP contribution in [-0.2, 0) is 9.47 Å². The van der Waals surface area contributed by atoms with Crippen LogP contribution >= 0.6 is 0 Å². The molecule has 1 rings (SSSR count). The summed E-state index contributed by atoms with van der Waals surface area (Å²) >= 11 is 0. The van der Waals surface area contributed by atoms with Crippen LogP contribution in [0.2, 0.25) is 0 Å². The number of rotatable bonds is 10. The Kier molecular flexibility index (Phi) is 9.44. The highest BCUT2D eigenvalue weighted by molar-refractivity contribution is 4.73. The van der Waals surface area contributed by atoms with E-state index < -0.39 is 0 Å². The standard InChI is InChI=1S/C16H35N3O2/c1-16(2,3)5-4-10-20-11-8-19-9-12-21-15(14-19)13-18-7-6-17/h15,18H,4-14,17H2,1-3H3. The summed E-state index contributed by atoms with van der Waals surface area (Å²) in [5.74, 6) is 0. The molecule has 0 saturated carbocycles. The fourth-order valence-electron chi connectivity index (χ4n) is 2.47. The van der Waals surface area contributed by atoms with E-state index in [9.17, 15) is 0 Å². The Balaban J connectivity index is 2.01. The molecule has 0 amide bonds. The lowest BCUT2D eigenvalue weighted by Gasteiger charge is -2.33. The molecule has 5 nitrogen and oxygen atoms in total. The van der Waals surface area contributed by atoms with Crippen molar-refractivity contribution in [3.63, 3.8) is 0 Å². The highest BCUT2D eigenvalue weighted by atomic mass is 16.5. The van der Waals surface area contributed by atoms with Gasteiger partial charge in [0.05, 0.1) is 19.3 Å². The van der Waals surface area contributed by atoms with Crippen LogP contribution in [0.15, 0.2) is 0 Å².